The predicted molar refractivity (Wildman–Crippen MR) is 136 cm³/mol. The van der Waals surface area contributed by atoms with Crippen molar-refractivity contribution < 1.29 is 32.3 Å². The third-order valence-electron chi connectivity index (χ3n) is 6.81. The number of hydrogen-bond donors (Lipinski definition) is 1. The SMILES string of the molecule is CCOC(=O)C1=C(CN2CCN(C(=O)CC(C)C)[C@@H](C)C2)N(CC)C(=O)N[C@H]1c1ccc(C(F)(F)F)cc1. The van der Waals surface area contributed by atoms with Gasteiger partial charge in [0.2, 0.25) is 5.91 Å². The number of rotatable bonds is 8. The van der Waals surface area contributed by atoms with Gasteiger partial charge in [-0.15, -0.1) is 0 Å². The standard InChI is InChI=1S/C27H37F3N4O4/c1-6-33-21(16-32-12-13-34(18(5)15-32)22(35)14-17(3)4)23(25(36)38-7-2)24(31-26(33)37)19-8-10-20(11-9-19)27(28,29)30/h8-11,17-18,24H,6-7,12-16H2,1-5H3,(H,31,37)/t18-,24-/m0/s1. The smallest absolute Gasteiger partial charge is 0.416 e. The molecule has 210 valence electrons. The van der Waals surface area contributed by atoms with E-state index in [9.17, 15) is 27.6 Å². The number of carbonyl (C=O) groups excluding carboxylic acids is 3. The van der Waals surface area contributed by atoms with Crippen LogP contribution in [0.15, 0.2) is 35.5 Å². The monoisotopic (exact) mass is 538 g/mol. The van der Waals surface area contributed by atoms with Crippen LogP contribution >= 0.6 is 0 Å². The Labute approximate surface area is 221 Å². The molecule has 2 aliphatic rings. The maximum atomic E-state index is 13.2. The molecular weight excluding hydrogens is 501 g/mol. The van der Waals surface area contributed by atoms with Crippen LogP contribution in [-0.2, 0) is 20.5 Å². The second kappa shape index (κ2) is 12.2. The molecule has 3 amide bonds. The van der Waals surface area contributed by atoms with Crippen LogP contribution in [0.5, 0.6) is 0 Å². The number of ether oxygens (including phenoxy) is 1. The van der Waals surface area contributed by atoms with Crippen LogP contribution in [0.4, 0.5) is 18.0 Å². The van der Waals surface area contributed by atoms with Gasteiger partial charge in [-0.25, -0.2) is 9.59 Å². The number of benzene rings is 1. The van der Waals surface area contributed by atoms with Crippen molar-refractivity contribution in [3.05, 3.63) is 46.7 Å². The van der Waals surface area contributed by atoms with Gasteiger partial charge in [-0.1, -0.05) is 26.0 Å². The van der Waals surface area contributed by atoms with E-state index >= 15 is 0 Å². The van der Waals surface area contributed by atoms with E-state index < -0.39 is 29.8 Å². The Morgan fingerprint density at radius 1 is 1.13 bits per heavy atom. The molecule has 1 aromatic carbocycles. The third kappa shape index (κ3) is 6.67. The van der Waals surface area contributed by atoms with Crippen molar-refractivity contribution in [1.82, 2.24) is 20.0 Å². The molecule has 8 nitrogen and oxygen atoms in total. The molecule has 2 heterocycles. The van der Waals surface area contributed by atoms with E-state index in [1.165, 1.54) is 17.0 Å². The summed E-state index contributed by atoms with van der Waals surface area (Å²) in [6.45, 7) is 11.7. The topological polar surface area (TPSA) is 82.2 Å². The Balaban J connectivity index is 1.96. The number of amides is 3. The minimum Gasteiger partial charge on any atom is -0.463 e. The molecule has 0 spiro atoms. The summed E-state index contributed by atoms with van der Waals surface area (Å²) in [5.41, 5.74) is 0.173. The maximum Gasteiger partial charge on any atom is 0.416 e. The number of nitrogens with zero attached hydrogens (tertiary/aromatic N) is 3. The van der Waals surface area contributed by atoms with Crippen LogP contribution in [-0.4, -0.2) is 78.0 Å². The molecule has 0 unspecified atom stereocenters. The van der Waals surface area contributed by atoms with Crippen LogP contribution in [0.3, 0.4) is 0 Å². The van der Waals surface area contributed by atoms with Crippen molar-refractivity contribution in [2.24, 2.45) is 5.92 Å². The van der Waals surface area contributed by atoms with Gasteiger partial charge in [0, 0.05) is 50.9 Å². The largest absolute Gasteiger partial charge is 0.463 e. The van der Waals surface area contributed by atoms with Gasteiger partial charge >= 0.3 is 18.2 Å². The second-order valence-electron chi connectivity index (χ2n) is 10.1. The fourth-order valence-corrected chi connectivity index (χ4v) is 5.00. The minimum atomic E-state index is -4.51. The molecule has 1 saturated heterocycles. The zero-order chi connectivity index (χ0) is 28.2. The van der Waals surface area contributed by atoms with Crippen molar-refractivity contribution in [3.8, 4) is 0 Å². The average Bonchev–Trinajstić information content (AvgIpc) is 2.83. The molecule has 1 N–H and O–H groups in total. The Morgan fingerprint density at radius 3 is 2.32 bits per heavy atom. The Morgan fingerprint density at radius 2 is 1.79 bits per heavy atom. The molecule has 2 atom stereocenters. The minimum absolute atomic E-state index is 0.0557. The number of halogens is 3. The lowest BCUT2D eigenvalue weighted by Gasteiger charge is -2.43. The normalized spacial score (nSPS) is 21.1. The van der Waals surface area contributed by atoms with Gasteiger partial charge in [0.05, 0.1) is 23.8 Å². The van der Waals surface area contributed by atoms with Crippen molar-refractivity contribution in [2.75, 3.05) is 39.3 Å². The van der Waals surface area contributed by atoms with Crippen molar-refractivity contribution in [1.29, 1.82) is 0 Å². The van der Waals surface area contributed by atoms with Gasteiger partial charge in [0.1, 0.15) is 0 Å². The van der Waals surface area contributed by atoms with Gasteiger partial charge < -0.3 is 15.0 Å². The van der Waals surface area contributed by atoms with Gasteiger partial charge in [0.15, 0.2) is 0 Å². The molecule has 0 aromatic heterocycles. The second-order valence-corrected chi connectivity index (χ2v) is 10.1. The molecule has 0 bridgehead atoms. The quantitative estimate of drug-likeness (QED) is 0.502. The molecule has 2 aliphatic heterocycles. The number of nitrogens with one attached hydrogen (secondary N) is 1. The van der Waals surface area contributed by atoms with E-state index in [-0.39, 0.29) is 43.1 Å². The van der Waals surface area contributed by atoms with Gasteiger partial charge in [0.25, 0.3) is 0 Å². The zero-order valence-corrected chi connectivity index (χ0v) is 22.6. The molecule has 0 saturated carbocycles. The molecule has 11 heteroatoms. The summed E-state index contributed by atoms with van der Waals surface area (Å²) in [4.78, 5) is 44.4. The predicted octanol–water partition coefficient (Wildman–Crippen LogP) is 4.19. The highest BCUT2D eigenvalue weighted by Gasteiger charge is 2.40. The Bertz CT molecular complexity index is 1060. The number of likely N-dealkylation sites (N-methyl/N-ethyl adjacent to an activating group) is 1. The van der Waals surface area contributed by atoms with Gasteiger partial charge in [-0.3, -0.25) is 14.6 Å². The summed E-state index contributed by atoms with van der Waals surface area (Å²) in [5, 5.41) is 2.77. The van der Waals surface area contributed by atoms with E-state index in [0.29, 0.717) is 37.3 Å². The Hall–Kier alpha value is -3.08. The van der Waals surface area contributed by atoms with Crippen molar-refractivity contribution in [2.45, 2.75) is 59.3 Å². The van der Waals surface area contributed by atoms with Gasteiger partial charge in [-0.05, 0) is 44.4 Å². The first kappa shape index (κ1) is 29.5. The number of hydrogen-bond acceptors (Lipinski definition) is 5. The van der Waals surface area contributed by atoms with Crippen molar-refractivity contribution in [3.63, 3.8) is 0 Å². The molecule has 1 aromatic rings. The summed E-state index contributed by atoms with van der Waals surface area (Å²) in [7, 11) is 0. The molecule has 0 aliphatic carbocycles. The summed E-state index contributed by atoms with van der Waals surface area (Å²) >= 11 is 0. The lowest BCUT2D eigenvalue weighted by molar-refractivity contribution is -0.139. The maximum absolute atomic E-state index is 13.2. The third-order valence-corrected chi connectivity index (χ3v) is 6.81. The lowest BCUT2D eigenvalue weighted by atomic mass is 9.93. The zero-order valence-electron chi connectivity index (χ0n) is 22.6. The molecule has 1 fully saturated rings. The van der Waals surface area contributed by atoms with Gasteiger partial charge in [-0.2, -0.15) is 13.2 Å². The van der Waals surface area contributed by atoms with Crippen LogP contribution in [0.25, 0.3) is 0 Å². The molecular formula is C27H37F3N4O4. The molecule has 38 heavy (non-hydrogen) atoms. The van der Waals surface area contributed by atoms with Crippen LogP contribution < -0.4 is 5.32 Å². The first-order valence-electron chi connectivity index (χ1n) is 13.0. The lowest BCUT2D eigenvalue weighted by Crippen LogP contribution is -2.56. The molecule has 3 rings (SSSR count). The average molecular weight is 539 g/mol. The van der Waals surface area contributed by atoms with E-state index in [4.69, 9.17) is 4.74 Å². The summed E-state index contributed by atoms with van der Waals surface area (Å²) < 4.78 is 44.7. The number of carbonyl (C=O) groups is 3. The molecule has 0 radical (unpaired) electrons. The number of esters is 1. The number of alkyl halides is 3. The highest BCUT2D eigenvalue weighted by Crippen LogP contribution is 2.35. The summed E-state index contributed by atoms with van der Waals surface area (Å²) in [6.07, 6.45) is -4.03. The van der Waals surface area contributed by atoms with Crippen LogP contribution in [0.2, 0.25) is 0 Å². The van der Waals surface area contributed by atoms with Crippen LogP contribution in [0, 0.1) is 5.92 Å². The van der Waals surface area contributed by atoms with Crippen LogP contribution in [0.1, 0.15) is 58.2 Å². The Kier molecular flexibility index (Phi) is 9.45. The number of urea groups is 1. The summed E-state index contributed by atoms with van der Waals surface area (Å²) in [5.74, 6) is -0.274. The fraction of sp³-hybridized carbons (Fsp3) is 0.593. The summed E-state index contributed by atoms with van der Waals surface area (Å²) in [6, 6.07) is 2.95. The number of piperazine rings is 1. The van der Waals surface area contributed by atoms with Crippen molar-refractivity contribution >= 4 is 17.9 Å². The van der Waals surface area contributed by atoms with E-state index in [1.54, 1.807) is 13.8 Å². The van der Waals surface area contributed by atoms with E-state index in [2.05, 4.69) is 10.2 Å². The highest BCUT2D eigenvalue weighted by molar-refractivity contribution is 5.95. The first-order valence-corrected chi connectivity index (χ1v) is 13.0. The fourth-order valence-electron chi connectivity index (χ4n) is 5.00. The first-order chi connectivity index (χ1) is 17.9. The van der Waals surface area contributed by atoms with E-state index in [0.717, 1.165) is 12.1 Å². The van der Waals surface area contributed by atoms with E-state index in [1.807, 2.05) is 25.7 Å². The highest BCUT2D eigenvalue weighted by atomic mass is 19.4.